The van der Waals surface area contributed by atoms with Gasteiger partial charge >= 0.3 is 5.97 Å². The summed E-state index contributed by atoms with van der Waals surface area (Å²) in [6, 6.07) is 0. The maximum atomic E-state index is 11.2. The topological polar surface area (TPSA) is 26.3 Å². The second kappa shape index (κ2) is 1.99. The molecule has 0 radical (unpaired) electrons. The largest absolute Gasteiger partial charge is 0.459 e. The Morgan fingerprint density at radius 3 is 1.82 bits per heavy atom. The summed E-state index contributed by atoms with van der Waals surface area (Å²) in [6.45, 7) is 10.0. The molecule has 0 amide bonds. The molecule has 1 unspecified atom stereocenters. The molecule has 2 nitrogen and oxygen atoms in total. The average Bonchev–Trinajstić information content (AvgIpc) is 1.93. The van der Waals surface area contributed by atoms with Gasteiger partial charge in [-0.15, -0.1) is 0 Å². The van der Waals surface area contributed by atoms with Gasteiger partial charge in [-0.2, -0.15) is 0 Å². The summed E-state index contributed by atoms with van der Waals surface area (Å²) in [5, 5.41) is 0. The Balaban J connectivity index is 3.01. The highest BCUT2D eigenvalue weighted by atomic mass is 16.6. The number of carbonyl (C=O) groups excluding carboxylic acids is 1. The van der Waals surface area contributed by atoms with Crippen molar-refractivity contribution in [1.82, 2.24) is 0 Å². The van der Waals surface area contributed by atoms with E-state index in [0.29, 0.717) is 0 Å². The van der Waals surface area contributed by atoms with Crippen LogP contribution in [0.15, 0.2) is 0 Å². The van der Waals surface area contributed by atoms with Gasteiger partial charge in [0.1, 0.15) is 5.60 Å². The van der Waals surface area contributed by atoms with Gasteiger partial charge in [-0.05, 0) is 13.8 Å². The van der Waals surface area contributed by atoms with Crippen molar-refractivity contribution >= 4 is 5.97 Å². The standard InChI is InChI=1S/C9H16O2/c1-6-7(10)11-9(4,5)8(6,2)3/h6H,1-5H3. The lowest BCUT2D eigenvalue weighted by Crippen LogP contribution is -2.37. The maximum Gasteiger partial charge on any atom is 0.309 e. The van der Waals surface area contributed by atoms with Gasteiger partial charge in [0, 0.05) is 5.41 Å². The van der Waals surface area contributed by atoms with Crippen molar-refractivity contribution in [1.29, 1.82) is 0 Å². The Hall–Kier alpha value is -0.530. The molecule has 0 aliphatic carbocycles. The predicted octanol–water partition coefficient (Wildman–Crippen LogP) is 1.98. The lowest BCUT2D eigenvalue weighted by molar-refractivity contribution is -0.149. The Bertz CT molecular complexity index is 192. The number of carbonyl (C=O) groups is 1. The molecule has 1 rings (SSSR count). The highest BCUT2D eigenvalue weighted by molar-refractivity contribution is 5.76. The van der Waals surface area contributed by atoms with Crippen LogP contribution in [0.5, 0.6) is 0 Å². The Labute approximate surface area is 67.9 Å². The van der Waals surface area contributed by atoms with E-state index in [0.717, 1.165) is 0 Å². The molecule has 64 valence electrons. The van der Waals surface area contributed by atoms with Gasteiger partial charge in [-0.25, -0.2) is 0 Å². The van der Waals surface area contributed by atoms with E-state index in [4.69, 9.17) is 4.74 Å². The van der Waals surface area contributed by atoms with Crippen LogP contribution < -0.4 is 0 Å². The summed E-state index contributed by atoms with van der Waals surface area (Å²) in [6.07, 6.45) is 0. The van der Waals surface area contributed by atoms with Gasteiger partial charge in [-0.3, -0.25) is 4.79 Å². The van der Waals surface area contributed by atoms with E-state index in [1.165, 1.54) is 0 Å². The smallest absolute Gasteiger partial charge is 0.309 e. The molecule has 1 saturated heterocycles. The zero-order valence-corrected chi connectivity index (χ0v) is 7.89. The average molecular weight is 156 g/mol. The van der Waals surface area contributed by atoms with Crippen LogP contribution in [0.25, 0.3) is 0 Å². The minimum absolute atomic E-state index is 0.0116. The lowest BCUT2D eigenvalue weighted by atomic mass is 9.71. The van der Waals surface area contributed by atoms with Crippen LogP contribution in [-0.2, 0) is 9.53 Å². The number of esters is 1. The fourth-order valence-corrected chi connectivity index (χ4v) is 1.29. The molecule has 0 aromatic carbocycles. The van der Waals surface area contributed by atoms with Crippen LogP contribution in [-0.4, -0.2) is 11.6 Å². The van der Waals surface area contributed by atoms with E-state index in [1.54, 1.807) is 0 Å². The first-order chi connectivity index (χ1) is 4.79. The van der Waals surface area contributed by atoms with Gasteiger partial charge in [-0.1, -0.05) is 20.8 Å². The van der Waals surface area contributed by atoms with Crippen LogP contribution in [0, 0.1) is 11.3 Å². The molecule has 0 bridgehead atoms. The monoisotopic (exact) mass is 156 g/mol. The van der Waals surface area contributed by atoms with E-state index in [9.17, 15) is 4.79 Å². The van der Waals surface area contributed by atoms with Crippen molar-refractivity contribution in [2.24, 2.45) is 11.3 Å². The Morgan fingerprint density at radius 1 is 1.27 bits per heavy atom. The minimum atomic E-state index is -0.316. The molecule has 0 aromatic rings. The molecule has 0 aromatic heterocycles. The van der Waals surface area contributed by atoms with E-state index >= 15 is 0 Å². The molecule has 1 heterocycles. The molecule has 0 saturated carbocycles. The summed E-state index contributed by atoms with van der Waals surface area (Å²) < 4.78 is 5.24. The molecule has 11 heavy (non-hydrogen) atoms. The second-order valence-corrected chi connectivity index (χ2v) is 4.37. The number of hydrogen-bond donors (Lipinski definition) is 0. The number of ether oxygens (including phenoxy) is 1. The molecule has 0 N–H and O–H groups in total. The van der Waals surface area contributed by atoms with Crippen molar-refractivity contribution in [3.63, 3.8) is 0 Å². The first kappa shape index (κ1) is 8.57. The lowest BCUT2D eigenvalue weighted by Gasteiger charge is -2.33. The second-order valence-electron chi connectivity index (χ2n) is 4.37. The molecule has 0 spiro atoms. The zero-order valence-electron chi connectivity index (χ0n) is 7.89. The fourth-order valence-electron chi connectivity index (χ4n) is 1.29. The zero-order chi connectivity index (χ0) is 8.86. The number of cyclic esters (lactones) is 1. The quantitative estimate of drug-likeness (QED) is 0.501. The van der Waals surface area contributed by atoms with E-state index in [2.05, 4.69) is 13.8 Å². The summed E-state index contributed by atoms with van der Waals surface area (Å²) in [4.78, 5) is 11.2. The molecular formula is C9H16O2. The van der Waals surface area contributed by atoms with E-state index in [-0.39, 0.29) is 22.9 Å². The molecule has 1 aliphatic heterocycles. The molecule has 1 fully saturated rings. The van der Waals surface area contributed by atoms with E-state index < -0.39 is 0 Å². The highest BCUT2D eigenvalue weighted by Gasteiger charge is 2.53. The fraction of sp³-hybridized carbons (Fsp3) is 0.889. The summed E-state index contributed by atoms with van der Waals surface area (Å²) in [5.74, 6) is -0.0579. The van der Waals surface area contributed by atoms with Gasteiger partial charge in [0.15, 0.2) is 0 Å². The summed E-state index contributed by atoms with van der Waals surface area (Å²) >= 11 is 0. The van der Waals surface area contributed by atoms with Crippen molar-refractivity contribution < 1.29 is 9.53 Å². The number of hydrogen-bond acceptors (Lipinski definition) is 2. The Morgan fingerprint density at radius 2 is 1.73 bits per heavy atom. The highest BCUT2D eigenvalue weighted by Crippen LogP contribution is 2.46. The van der Waals surface area contributed by atoms with Crippen molar-refractivity contribution in [3.8, 4) is 0 Å². The number of rotatable bonds is 0. The SMILES string of the molecule is CC1C(=O)OC(C)(C)C1(C)C. The third-order valence-corrected chi connectivity index (χ3v) is 3.34. The van der Waals surface area contributed by atoms with Crippen molar-refractivity contribution in [3.05, 3.63) is 0 Å². The molecule has 2 heteroatoms. The van der Waals surface area contributed by atoms with Crippen molar-refractivity contribution in [2.45, 2.75) is 40.2 Å². The van der Waals surface area contributed by atoms with Gasteiger partial charge in [0.2, 0.25) is 0 Å². The molecule has 1 atom stereocenters. The van der Waals surface area contributed by atoms with Crippen LogP contribution >= 0.6 is 0 Å². The van der Waals surface area contributed by atoms with Crippen LogP contribution in [0.1, 0.15) is 34.6 Å². The first-order valence-electron chi connectivity index (χ1n) is 4.02. The molecular weight excluding hydrogens is 140 g/mol. The van der Waals surface area contributed by atoms with Crippen LogP contribution in [0.4, 0.5) is 0 Å². The molecule has 1 aliphatic rings. The summed E-state index contributed by atoms with van der Waals surface area (Å²) in [5.41, 5.74) is -0.367. The van der Waals surface area contributed by atoms with Crippen LogP contribution in [0.2, 0.25) is 0 Å². The minimum Gasteiger partial charge on any atom is -0.459 e. The third kappa shape index (κ3) is 0.959. The van der Waals surface area contributed by atoms with Gasteiger partial charge in [0.25, 0.3) is 0 Å². The van der Waals surface area contributed by atoms with Crippen molar-refractivity contribution in [2.75, 3.05) is 0 Å². The van der Waals surface area contributed by atoms with Crippen LogP contribution in [0.3, 0.4) is 0 Å². The van der Waals surface area contributed by atoms with Gasteiger partial charge < -0.3 is 4.74 Å². The third-order valence-electron chi connectivity index (χ3n) is 3.34. The predicted molar refractivity (Wildman–Crippen MR) is 43.1 cm³/mol. The van der Waals surface area contributed by atoms with Gasteiger partial charge in [0.05, 0.1) is 5.92 Å². The summed E-state index contributed by atoms with van der Waals surface area (Å²) in [7, 11) is 0. The maximum absolute atomic E-state index is 11.2. The van der Waals surface area contributed by atoms with E-state index in [1.807, 2.05) is 20.8 Å². The normalized spacial score (nSPS) is 33.5. The Kier molecular flexibility index (Phi) is 1.55. The first-order valence-corrected chi connectivity index (χ1v) is 4.02.